The van der Waals surface area contributed by atoms with Crippen molar-refractivity contribution in [3.8, 4) is 0 Å². The minimum absolute atomic E-state index is 0.0669. The Kier molecular flexibility index (Phi) is 4.46. The van der Waals surface area contributed by atoms with Crippen molar-refractivity contribution in [1.29, 1.82) is 0 Å². The molecular formula is C15H17N3O3S. The third-order valence-corrected chi connectivity index (χ3v) is 3.60. The second kappa shape index (κ2) is 6.15. The minimum atomic E-state index is -0.456. The number of nitrogens with one attached hydrogen (secondary N) is 1. The molecule has 0 aliphatic rings. The average Bonchev–Trinajstić information content (AvgIpc) is 2.77. The summed E-state index contributed by atoms with van der Waals surface area (Å²) >= 11 is 4.69. The summed E-state index contributed by atoms with van der Waals surface area (Å²) in [6, 6.07) is 5.61. The summed E-state index contributed by atoms with van der Waals surface area (Å²) in [5.41, 5.74) is 8.60. The zero-order chi connectivity index (χ0) is 16.4. The number of benzene rings is 1. The van der Waals surface area contributed by atoms with Crippen molar-refractivity contribution in [1.82, 2.24) is 9.88 Å². The highest BCUT2D eigenvalue weighted by atomic mass is 32.1. The molecule has 1 amide bonds. The summed E-state index contributed by atoms with van der Waals surface area (Å²) in [7, 11) is 1.30. The number of aromatic nitrogens is 1. The number of thiocarbonyl (C=S) groups is 1. The van der Waals surface area contributed by atoms with E-state index in [0.29, 0.717) is 5.69 Å². The molecule has 1 heterocycles. The topological polar surface area (TPSA) is 86.3 Å². The van der Waals surface area contributed by atoms with Crippen LogP contribution in [0.1, 0.15) is 21.6 Å². The van der Waals surface area contributed by atoms with Gasteiger partial charge in [0.05, 0.1) is 7.11 Å². The van der Waals surface area contributed by atoms with Crippen molar-refractivity contribution in [2.75, 3.05) is 7.11 Å². The fraction of sp³-hybridized carbons (Fsp3) is 0.267. The molecule has 0 saturated carbocycles. The van der Waals surface area contributed by atoms with Gasteiger partial charge in [-0.25, -0.2) is 0 Å². The van der Waals surface area contributed by atoms with Crippen molar-refractivity contribution >= 4 is 40.1 Å². The van der Waals surface area contributed by atoms with Gasteiger partial charge >= 0.3 is 5.97 Å². The molecule has 3 N–H and O–H groups in total. The van der Waals surface area contributed by atoms with E-state index in [4.69, 9.17) is 22.7 Å². The van der Waals surface area contributed by atoms with Crippen LogP contribution >= 0.6 is 12.2 Å². The first-order valence-corrected chi connectivity index (χ1v) is 7.02. The first-order chi connectivity index (χ1) is 10.3. The van der Waals surface area contributed by atoms with Crippen molar-refractivity contribution < 1.29 is 14.3 Å². The lowest BCUT2D eigenvalue weighted by atomic mass is 10.1. The number of ether oxygens (including phenoxy) is 1. The average molecular weight is 319 g/mol. The molecule has 7 heteroatoms. The summed E-state index contributed by atoms with van der Waals surface area (Å²) in [6.07, 6.45) is 0. The van der Waals surface area contributed by atoms with Crippen LogP contribution < -0.4 is 11.1 Å². The number of hydrogen-bond acceptors (Lipinski definition) is 4. The predicted molar refractivity (Wildman–Crippen MR) is 87.7 cm³/mol. The van der Waals surface area contributed by atoms with Gasteiger partial charge in [-0.15, -0.1) is 0 Å². The van der Waals surface area contributed by atoms with Crippen LogP contribution in [0.15, 0.2) is 18.2 Å². The standard InChI is InChI=1S/C15H17N3O3S/c1-8-4-10-6-12(14(20)17-15(16)22)18(7-13(19)21-3)11(10)5-9(8)2/h4-6H,7H2,1-3H3,(H3,16,17,20,22). The third-order valence-electron chi connectivity index (χ3n) is 3.50. The van der Waals surface area contributed by atoms with E-state index in [0.717, 1.165) is 22.0 Å². The molecule has 0 aliphatic heterocycles. The lowest BCUT2D eigenvalue weighted by Crippen LogP contribution is -2.36. The maximum absolute atomic E-state index is 12.2. The molecule has 0 saturated heterocycles. The first-order valence-electron chi connectivity index (χ1n) is 6.61. The highest BCUT2D eigenvalue weighted by Crippen LogP contribution is 2.24. The highest BCUT2D eigenvalue weighted by molar-refractivity contribution is 7.80. The summed E-state index contributed by atoms with van der Waals surface area (Å²) in [4.78, 5) is 23.9. The number of fused-ring (bicyclic) bond motifs is 1. The Morgan fingerprint density at radius 3 is 2.50 bits per heavy atom. The number of aryl methyl sites for hydroxylation is 2. The molecular weight excluding hydrogens is 302 g/mol. The van der Waals surface area contributed by atoms with Gasteiger partial charge in [-0.2, -0.15) is 0 Å². The number of hydrogen-bond donors (Lipinski definition) is 2. The SMILES string of the molecule is COC(=O)Cn1c(C(=O)NC(N)=S)cc2cc(C)c(C)cc21. The first kappa shape index (κ1) is 16.0. The molecule has 0 unspecified atom stereocenters. The van der Waals surface area contributed by atoms with Gasteiger partial charge in [-0.05, 0) is 55.4 Å². The van der Waals surface area contributed by atoms with E-state index in [1.165, 1.54) is 7.11 Å². The molecule has 0 radical (unpaired) electrons. The van der Waals surface area contributed by atoms with Crippen LogP contribution in [0.2, 0.25) is 0 Å². The zero-order valence-corrected chi connectivity index (χ0v) is 13.4. The minimum Gasteiger partial charge on any atom is -0.468 e. The van der Waals surface area contributed by atoms with Crippen molar-refractivity contribution in [2.24, 2.45) is 5.73 Å². The maximum Gasteiger partial charge on any atom is 0.325 e. The van der Waals surface area contributed by atoms with Gasteiger partial charge < -0.3 is 15.0 Å². The molecule has 0 fully saturated rings. The van der Waals surface area contributed by atoms with Crippen LogP contribution in [-0.2, 0) is 16.1 Å². The molecule has 22 heavy (non-hydrogen) atoms. The summed E-state index contributed by atoms with van der Waals surface area (Å²) in [5, 5.41) is 3.12. The van der Waals surface area contributed by atoms with E-state index in [-0.39, 0.29) is 11.7 Å². The lowest BCUT2D eigenvalue weighted by Gasteiger charge is -2.10. The third kappa shape index (κ3) is 3.09. The number of rotatable bonds is 3. The van der Waals surface area contributed by atoms with Gasteiger partial charge in [-0.1, -0.05) is 0 Å². The van der Waals surface area contributed by atoms with E-state index in [1.54, 1.807) is 10.6 Å². The fourth-order valence-corrected chi connectivity index (χ4v) is 2.35. The van der Waals surface area contributed by atoms with E-state index < -0.39 is 11.9 Å². The number of nitrogens with zero attached hydrogens (tertiary/aromatic N) is 1. The van der Waals surface area contributed by atoms with E-state index in [2.05, 4.69) is 5.32 Å². The largest absolute Gasteiger partial charge is 0.468 e. The van der Waals surface area contributed by atoms with Crippen molar-refractivity contribution in [3.63, 3.8) is 0 Å². The molecule has 2 aromatic rings. The second-order valence-electron chi connectivity index (χ2n) is 5.01. The quantitative estimate of drug-likeness (QED) is 0.660. The number of amides is 1. The summed E-state index contributed by atoms with van der Waals surface area (Å²) in [5.74, 6) is -0.900. The number of carbonyl (C=O) groups is 2. The summed E-state index contributed by atoms with van der Waals surface area (Å²) in [6.45, 7) is 3.89. The fourth-order valence-electron chi connectivity index (χ4n) is 2.26. The molecule has 0 aliphatic carbocycles. The predicted octanol–water partition coefficient (Wildman–Crippen LogP) is 1.40. The lowest BCUT2D eigenvalue weighted by molar-refractivity contribution is -0.141. The van der Waals surface area contributed by atoms with Gasteiger partial charge in [0.2, 0.25) is 0 Å². The molecule has 116 valence electrons. The van der Waals surface area contributed by atoms with Crippen LogP contribution in [-0.4, -0.2) is 28.7 Å². The van der Waals surface area contributed by atoms with Gasteiger partial charge in [-0.3, -0.25) is 14.9 Å². The van der Waals surface area contributed by atoms with E-state index in [9.17, 15) is 9.59 Å². The van der Waals surface area contributed by atoms with Crippen LogP contribution in [0.5, 0.6) is 0 Å². The highest BCUT2D eigenvalue weighted by Gasteiger charge is 2.19. The van der Waals surface area contributed by atoms with Crippen molar-refractivity contribution in [3.05, 3.63) is 35.0 Å². The monoisotopic (exact) mass is 319 g/mol. The molecule has 1 aromatic carbocycles. The Morgan fingerprint density at radius 2 is 1.91 bits per heavy atom. The molecule has 1 aromatic heterocycles. The summed E-state index contributed by atoms with van der Waals surface area (Å²) < 4.78 is 6.30. The Balaban J connectivity index is 2.62. The van der Waals surface area contributed by atoms with Crippen LogP contribution in [0.3, 0.4) is 0 Å². The number of methoxy groups -OCH3 is 1. The van der Waals surface area contributed by atoms with E-state index in [1.807, 2.05) is 26.0 Å². The molecule has 0 bridgehead atoms. The molecule has 6 nitrogen and oxygen atoms in total. The molecule has 0 atom stereocenters. The number of nitrogens with two attached hydrogens (primary N) is 1. The second-order valence-corrected chi connectivity index (χ2v) is 5.45. The smallest absolute Gasteiger partial charge is 0.325 e. The van der Waals surface area contributed by atoms with Crippen LogP contribution in [0.25, 0.3) is 10.9 Å². The Hall–Kier alpha value is -2.41. The van der Waals surface area contributed by atoms with Gasteiger partial charge in [0.25, 0.3) is 5.91 Å². The molecule has 2 rings (SSSR count). The van der Waals surface area contributed by atoms with Gasteiger partial charge in [0, 0.05) is 10.9 Å². The Bertz CT molecular complexity index is 780. The van der Waals surface area contributed by atoms with Crippen LogP contribution in [0, 0.1) is 13.8 Å². The van der Waals surface area contributed by atoms with Gasteiger partial charge in [0.15, 0.2) is 5.11 Å². The Labute approximate surface area is 133 Å². The van der Waals surface area contributed by atoms with Crippen LogP contribution in [0.4, 0.5) is 0 Å². The van der Waals surface area contributed by atoms with E-state index >= 15 is 0 Å². The number of carbonyl (C=O) groups excluding carboxylic acids is 2. The maximum atomic E-state index is 12.2. The van der Waals surface area contributed by atoms with Crippen molar-refractivity contribution in [2.45, 2.75) is 20.4 Å². The zero-order valence-electron chi connectivity index (χ0n) is 12.6. The normalized spacial score (nSPS) is 10.5. The Morgan fingerprint density at radius 1 is 1.27 bits per heavy atom. The van der Waals surface area contributed by atoms with Gasteiger partial charge in [0.1, 0.15) is 12.2 Å². The molecule has 0 spiro atoms. The number of esters is 1.